The van der Waals surface area contributed by atoms with Crippen molar-refractivity contribution in [1.29, 1.82) is 0 Å². The molecule has 160 valence electrons. The zero-order valence-corrected chi connectivity index (χ0v) is 15.9. The summed E-state index contributed by atoms with van der Waals surface area (Å²) in [5.74, 6) is 2.09. The number of aryl methyl sites for hydroxylation is 3. The number of alkyl halides is 6. The molecule has 0 atom stereocenters. The Morgan fingerprint density at radius 1 is 0.929 bits per heavy atom. The first kappa shape index (κ1) is 23.9. The lowest BCUT2D eigenvalue weighted by Crippen LogP contribution is -2.30. The van der Waals surface area contributed by atoms with E-state index in [0.717, 1.165) is 15.8 Å². The maximum Gasteiger partial charge on any atom is 0.480 e. The van der Waals surface area contributed by atoms with Gasteiger partial charge in [0.05, 0.1) is 14.1 Å². The SMILES string of the molecule is Cn1ccnc1-c1n(C)cc[n+]1C.O=S(=O)([N-]S(=O)(=O)C(F)(F)F)C(F)(F)F. The molecule has 2 aromatic rings. The van der Waals surface area contributed by atoms with Gasteiger partial charge in [0.25, 0.3) is 0 Å². The van der Waals surface area contributed by atoms with E-state index in [1.54, 1.807) is 0 Å². The van der Waals surface area contributed by atoms with Crippen molar-refractivity contribution >= 4 is 20.0 Å². The molecular formula is C11H13F6N5O4S2. The molecule has 0 unspecified atom stereocenters. The van der Waals surface area contributed by atoms with E-state index in [4.69, 9.17) is 0 Å². The molecule has 0 radical (unpaired) electrons. The Labute approximate surface area is 155 Å². The first-order chi connectivity index (χ1) is 12.4. The van der Waals surface area contributed by atoms with E-state index in [2.05, 4.69) is 14.1 Å². The molecule has 28 heavy (non-hydrogen) atoms. The van der Waals surface area contributed by atoms with Crippen LogP contribution in [0.25, 0.3) is 15.8 Å². The number of hydrogen-bond acceptors (Lipinski definition) is 5. The number of rotatable bonds is 3. The van der Waals surface area contributed by atoms with Gasteiger partial charge in [0.15, 0.2) is 20.0 Å². The predicted molar refractivity (Wildman–Crippen MR) is 82.1 cm³/mol. The minimum absolute atomic E-state index is 0.778. The topological polar surface area (TPSA) is 109 Å². The Bertz CT molecular complexity index is 975. The number of aromatic nitrogens is 4. The van der Waals surface area contributed by atoms with Crippen LogP contribution in [0.2, 0.25) is 0 Å². The van der Waals surface area contributed by atoms with Crippen LogP contribution in [-0.2, 0) is 41.2 Å². The number of sulfonamides is 2. The summed E-state index contributed by atoms with van der Waals surface area (Å²) >= 11 is 0. The molecule has 2 rings (SSSR count). The Balaban J connectivity index is 0.000000281. The summed E-state index contributed by atoms with van der Waals surface area (Å²) < 4.78 is 115. The van der Waals surface area contributed by atoms with Crippen LogP contribution in [0.5, 0.6) is 0 Å². The molecule has 2 aromatic heterocycles. The zero-order valence-electron chi connectivity index (χ0n) is 14.3. The van der Waals surface area contributed by atoms with Gasteiger partial charge in [-0.1, -0.05) is 0 Å². The lowest BCUT2D eigenvalue weighted by Gasteiger charge is -2.22. The van der Waals surface area contributed by atoms with Gasteiger partial charge in [0.1, 0.15) is 12.4 Å². The number of halogens is 6. The van der Waals surface area contributed by atoms with Gasteiger partial charge in [-0.05, 0) is 0 Å². The second-order valence-electron chi connectivity index (χ2n) is 5.12. The van der Waals surface area contributed by atoms with Crippen LogP contribution in [0.15, 0.2) is 24.8 Å². The summed E-state index contributed by atoms with van der Waals surface area (Å²) in [4.78, 5) is 4.30. The molecule has 0 N–H and O–H groups in total. The van der Waals surface area contributed by atoms with Gasteiger partial charge >= 0.3 is 16.8 Å². The molecule has 0 saturated carbocycles. The van der Waals surface area contributed by atoms with E-state index in [0.29, 0.717) is 0 Å². The fraction of sp³-hybridized carbons (Fsp3) is 0.455. The summed E-state index contributed by atoms with van der Waals surface area (Å²) in [5, 5.41) is 0. The molecular weight excluding hydrogens is 444 g/mol. The molecule has 0 fully saturated rings. The highest BCUT2D eigenvalue weighted by Gasteiger charge is 2.46. The van der Waals surface area contributed by atoms with Crippen molar-refractivity contribution in [2.75, 3.05) is 0 Å². The molecule has 9 nitrogen and oxygen atoms in total. The average molecular weight is 457 g/mol. The summed E-state index contributed by atoms with van der Waals surface area (Å²) in [6, 6.07) is 0. The Hall–Kier alpha value is -2.14. The minimum Gasteiger partial charge on any atom is -0.421 e. The van der Waals surface area contributed by atoms with Crippen molar-refractivity contribution in [3.8, 4) is 11.6 Å². The molecule has 0 aliphatic rings. The van der Waals surface area contributed by atoms with Crippen molar-refractivity contribution in [1.82, 2.24) is 14.1 Å². The third-order valence-electron chi connectivity index (χ3n) is 2.98. The van der Waals surface area contributed by atoms with Gasteiger partial charge in [0, 0.05) is 19.4 Å². The summed E-state index contributed by atoms with van der Waals surface area (Å²) in [5.41, 5.74) is -12.4. The quantitative estimate of drug-likeness (QED) is 0.510. The molecule has 0 aliphatic carbocycles. The van der Waals surface area contributed by atoms with Gasteiger partial charge in [-0.25, -0.2) is 31.0 Å². The van der Waals surface area contributed by atoms with Crippen LogP contribution in [0.3, 0.4) is 0 Å². The van der Waals surface area contributed by atoms with E-state index in [1.807, 2.05) is 50.5 Å². The standard InChI is InChI=1S/C9H13N4.C2F6NO4S2/c1-11-5-4-10-8(11)9-12(2)6-7-13(9)3;3-1(4,5)14(10,11)9-15(12,13)2(6,7)8/h4-7H,1-3H3;/q+1;-1. The highest BCUT2D eigenvalue weighted by Crippen LogP contribution is 2.36. The number of nitrogens with zero attached hydrogens (tertiary/aromatic N) is 5. The second kappa shape index (κ2) is 7.70. The molecule has 2 heterocycles. The molecule has 0 amide bonds. The first-order valence-corrected chi connectivity index (χ1v) is 9.64. The largest absolute Gasteiger partial charge is 0.480 e. The van der Waals surface area contributed by atoms with Crippen LogP contribution in [-0.4, -0.2) is 42.0 Å². The van der Waals surface area contributed by atoms with Crippen LogP contribution in [0.1, 0.15) is 0 Å². The van der Waals surface area contributed by atoms with Crippen molar-refractivity contribution < 1.29 is 47.7 Å². The lowest BCUT2D eigenvalue weighted by atomic mass is 10.5. The average Bonchev–Trinajstić information content (AvgIpc) is 3.02. The minimum atomic E-state index is -6.72. The zero-order chi connectivity index (χ0) is 22.1. The van der Waals surface area contributed by atoms with Gasteiger partial charge in [0.2, 0.25) is 5.82 Å². The number of imidazole rings is 2. The highest BCUT2D eigenvalue weighted by atomic mass is 32.3. The van der Waals surface area contributed by atoms with Crippen LogP contribution in [0, 0.1) is 0 Å². The maximum atomic E-state index is 11.4. The predicted octanol–water partition coefficient (Wildman–Crippen LogP) is 1.31. The van der Waals surface area contributed by atoms with E-state index in [-0.39, 0.29) is 0 Å². The molecule has 0 spiro atoms. The van der Waals surface area contributed by atoms with Crippen LogP contribution < -0.4 is 4.57 Å². The molecule has 17 heteroatoms. The second-order valence-corrected chi connectivity index (χ2v) is 8.54. The molecule has 0 saturated heterocycles. The third kappa shape index (κ3) is 5.22. The fourth-order valence-electron chi connectivity index (χ4n) is 1.70. The number of hydrogen-bond donors (Lipinski definition) is 0. The van der Waals surface area contributed by atoms with Gasteiger partial charge in [-0.15, -0.1) is 0 Å². The fourth-order valence-corrected chi connectivity index (χ4v) is 3.41. The van der Waals surface area contributed by atoms with E-state index in [1.165, 1.54) is 0 Å². The van der Waals surface area contributed by atoms with Crippen molar-refractivity contribution in [3.63, 3.8) is 0 Å². The summed E-state index contributed by atoms with van der Waals surface area (Å²) in [6.07, 6.45) is 7.79. The summed E-state index contributed by atoms with van der Waals surface area (Å²) in [6.45, 7) is 0. The van der Waals surface area contributed by atoms with E-state index < -0.39 is 31.1 Å². The highest BCUT2D eigenvalue weighted by molar-refractivity contribution is 8.13. The lowest BCUT2D eigenvalue weighted by molar-refractivity contribution is -0.659. The first-order valence-electron chi connectivity index (χ1n) is 6.76. The summed E-state index contributed by atoms with van der Waals surface area (Å²) in [7, 11) is -7.41. The Kier molecular flexibility index (Phi) is 6.58. The monoisotopic (exact) mass is 457 g/mol. The smallest absolute Gasteiger partial charge is 0.421 e. The van der Waals surface area contributed by atoms with E-state index >= 15 is 0 Å². The van der Waals surface area contributed by atoms with Gasteiger partial charge < -0.3 is 8.69 Å². The molecule has 0 aliphatic heterocycles. The van der Waals surface area contributed by atoms with E-state index in [9.17, 15) is 43.2 Å². The molecule has 0 aromatic carbocycles. The van der Waals surface area contributed by atoms with Gasteiger partial charge in [-0.3, -0.25) is 0 Å². The molecule has 0 bridgehead atoms. The van der Waals surface area contributed by atoms with Crippen molar-refractivity contribution in [2.45, 2.75) is 11.0 Å². The van der Waals surface area contributed by atoms with Crippen molar-refractivity contribution in [2.24, 2.45) is 21.1 Å². The van der Waals surface area contributed by atoms with Crippen molar-refractivity contribution in [3.05, 3.63) is 28.9 Å². The van der Waals surface area contributed by atoms with Gasteiger partial charge in [-0.2, -0.15) is 26.3 Å². The normalized spacial score (nSPS) is 13.2. The Morgan fingerprint density at radius 3 is 1.68 bits per heavy atom. The third-order valence-corrected chi connectivity index (χ3v) is 5.72. The van der Waals surface area contributed by atoms with Crippen LogP contribution in [0.4, 0.5) is 26.3 Å². The Morgan fingerprint density at radius 2 is 1.39 bits per heavy atom. The van der Waals surface area contributed by atoms with Crippen LogP contribution >= 0.6 is 0 Å². The maximum absolute atomic E-state index is 11.4.